The van der Waals surface area contributed by atoms with Crippen LogP contribution in [0.4, 0.5) is 10.1 Å². The molecule has 1 aliphatic heterocycles. The van der Waals surface area contributed by atoms with Crippen LogP contribution in [-0.2, 0) is 14.3 Å². The highest BCUT2D eigenvalue weighted by atomic mass is 19.1. The lowest BCUT2D eigenvalue weighted by atomic mass is 10.1. The maximum absolute atomic E-state index is 13.8. The van der Waals surface area contributed by atoms with Crippen molar-refractivity contribution < 1.29 is 23.5 Å². The van der Waals surface area contributed by atoms with Gasteiger partial charge < -0.3 is 9.64 Å². The van der Waals surface area contributed by atoms with Gasteiger partial charge in [0.05, 0.1) is 11.6 Å². The van der Waals surface area contributed by atoms with Crippen LogP contribution in [0.2, 0.25) is 0 Å². The van der Waals surface area contributed by atoms with Crippen molar-refractivity contribution in [3.8, 4) is 0 Å². The minimum atomic E-state index is -0.712. The maximum atomic E-state index is 13.8. The Bertz CT molecular complexity index is 806. The van der Waals surface area contributed by atoms with Gasteiger partial charge >= 0.3 is 5.97 Å². The summed E-state index contributed by atoms with van der Waals surface area (Å²) >= 11 is 0. The Morgan fingerprint density at radius 1 is 1.08 bits per heavy atom. The first-order valence-electron chi connectivity index (χ1n) is 7.86. The minimum Gasteiger partial charge on any atom is -0.457 e. The molecule has 1 aliphatic rings. The summed E-state index contributed by atoms with van der Waals surface area (Å²) in [7, 11) is 0. The highest BCUT2D eigenvalue weighted by molar-refractivity contribution is 6.01. The lowest BCUT2D eigenvalue weighted by Crippen LogP contribution is -2.27. The number of benzene rings is 2. The molecule has 25 heavy (non-hydrogen) atoms. The normalized spacial score (nSPS) is 16.8. The molecule has 1 atom stereocenters. The quantitative estimate of drug-likeness (QED) is 0.619. The van der Waals surface area contributed by atoms with E-state index in [1.54, 1.807) is 36.4 Å². The topological polar surface area (TPSA) is 63.7 Å². The molecule has 0 aromatic heterocycles. The fourth-order valence-corrected chi connectivity index (χ4v) is 2.73. The van der Waals surface area contributed by atoms with Crippen LogP contribution in [0.1, 0.15) is 16.8 Å². The predicted octanol–water partition coefficient (Wildman–Crippen LogP) is 2.60. The van der Waals surface area contributed by atoms with E-state index in [0.717, 1.165) is 0 Å². The van der Waals surface area contributed by atoms with Crippen molar-refractivity contribution >= 4 is 23.3 Å². The molecule has 1 amide bonds. The van der Waals surface area contributed by atoms with Crippen LogP contribution in [0.5, 0.6) is 0 Å². The van der Waals surface area contributed by atoms with Gasteiger partial charge in [-0.25, -0.2) is 4.39 Å². The first-order valence-corrected chi connectivity index (χ1v) is 7.86. The summed E-state index contributed by atoms with van der Waals surface area (Å²) in [5.41, 5.74) is 0.592. The largest absolute Gasteiger partial charge is 0.457 e. The van der Waals surface area contributed by atoms with Crippen molar-refractivity contribution in [2.45, 2.75) is 6.42 Å². The first kappa shape index (κ1) is 16.8. The summed E-state index contributed by atoms with van der Waals surface area (Å²) in [4.78, 5) is 37.4. The molecule has 0 saturated carbocycles. The maximum Gasteiger partial charge on any atom is 0.311 e. The molecule has 5 nitrogen and oxygen atoms in total. The van der Waals surface area contributed by atoms with E-state index in [4.69, 9.17) is 4.74 Å². The molecule has 128 valence electrons. The second-order valence-electron chi connectivity index (χ2n) is 5.75. The number of nitrogens with zero attached hydrogens (tertiary/aromatic N) is 1. The molecular weight excluding hydrogens is 325 g/mol. The molecule has 2 aromatic carbocycles. The SMILES string of the molecule is O=C(COC(=O)[C@@H]1CC(=O)N(c2ccccc2F)C1)c1ccccc1. The van der Waals surface area contributed by atoms with Crippen molar-refractivity contribution in [1.29, 1.82) is 0 Å². The average Bonchev–Trinajstić information content (AvgIpc) is 3.02. The van der Waals surface area contributed by atoms with Crippen molar-refractivity contribution in [1.82, 2.24) is 0 Å². The van der Waals surface area contributed by atoms with Gasteiger partial charge in [-0.15, -0.1) is 0 Å². The Hall–Kier alpha value is -3.02. The molecule has 1 saturated heterocycles. The number of para-hydroxylation sites is 1. The van der Waals surface area contributed by atoms with Gasteiger partial charge in [-0.1, -0.05) is 42.5 Å². The van der Waals surface area contributed by atoms with Gasteiger partial charge in [-0.3, -0.25) is 14.4 Å². The Labute approximate surface area is 144 Å². The number of anilines is 1. The van der Waals surface area contributed by atoms with E-state index >= 15 is 0 Å². The van der Waals surface area contributed by atoms with Crippen LogP contribution in [0.3, 0.4) is 0 Å². The van der Waals surface area contributed by atoms with Crippen LogP contribution in [0.25, 0.3) is 0 Å². The summed E-state index contributed by atoms with van der Waals surface area (Å²) < 4.78 is 18.9. The lowest BCUT2D eigenvalue weighted by Gasteiger charge is -2.17. The number of carbonyl (C=O) groups is 3. The number of carbonyl (C=O) groups excluding carboxylic acids is 3. The zero-order valence-electron chi connectivity index (χ0n) is 13.4. The van der Waals surface area contributed by atoms with Crippen LogP contribution >= 0.6 is 0 Å². The molecule has 3 rings (SSSR count). The van der Waals surface area contributed by atoms with Crippen LogP contribution < -0.4 is 4.90 Å². The number of rotatable bonds is 5. The van der Waals surface area contributed by atoms with Gasteiger partial charge in [0, 0.05) is 18.5 Å². The standard InChI is InChI=1S/C19H16FNO4/c20-15-8-4-5-9-16(15)21-11-14(10-18(21)23)19(24)25-12-17(22)13-6-2-1-3-7-13/h1-9,14H,10-12H2/t14-/m1/s1. The number of esters is 1. The molecule has 0 radical (unpaired) electrons. The molecule has 2 aromatic rings. The number of hydrogen-bond acceptors (Lipinski definition) is 4. The lowest BCUT2D eigenvalue weighted by molar-refractivity contribution is -0.147. The molecule has 1 fully saturated rings. The third-order valence-electron chi connectivity index (χ3n) is 4.04. The van der Waals surface area contributed by atoms with E-state index in [0.29, 0.717) is 5.56 Å². The number of amides is 1. The highest BCUT2D eigenvalue weighted by Crippen LogP contribution is 2.27. The van der Waals surface area contributed by atoms with E-state index < -0.39 is 17.7 Å². The van der Waals surface area contributed by atoms with Crippen LogP contribution in [0.15, 0.2) is 54.6 Å². The van der Waals surface area contributed by atoms with Gasteiger partial charge in [0.15, 0.2) is 12.4 Å². The van der Waals surface area contributed by atoms with Crippen LogP contribution in [0, 0.1) is 11.7 Å². The number of ether oxygens (including phenoxy) is 1. The van der Waals surface area contributed by atoms with Crippen molar-refractivity contribution in [3.63, 3.8) is 0 Å². The van der Waals surface area contributed by atoms with Crippen molar-refractivity contribution in [2.24, 2.45) is 5.92 Å². The van der Waals surface area contributed by atoms with Gasteiger partial charge in [0.25, 0.3) is 0 Å². The summed E-state index contributed by atoms with van der Waals surface area (Å²) in [6.45, 7) is -0.342. The number of ketones is 1. The zero-order valence-corrected chi connectivity index (χ0v) is 13.4. The zero-order chi connectivity index (χ0) is 17.8. The van der Waals surface area contributed by atoms with Gasteiger partial charge in [-0.2, -0.15) is 0 Å². The van der Waals surface area contributed by atoms with Gasteiger partial charge in [0.2, 0.25) is 5.91 Å². The summed E-state index contributed by atoms with van der Waals surface area (Å²) in [6, 6.07) is 14.4. The second-order valence-corrected chi connectivity index (χ2v) is 5.75. The number of Topliss-reactive ketones (excluding diaryl/α,β-unsaturated/α-hetero) is 1. The summed E-state index contributed by atoms with van der Waals surface area (Å²) in [5, 5.41) is 0. The molecule has 0 unspecified atom stereocenters. The fraction of sp³-hybridized carbons (Fsp3) is 0.211. The Kier molecular flexibility index (Phi) is 4.88. The van der Waals surface area contributed by atoms with E-state index in [1.807, 2.05) is 0 Å². The summed E-state index contributed by atoms with van der Waals surface area (Å²) in [6.07, 6.45) is -0.0628. The summed E-state index contributed by atoms with van der Waals surface area (Å²) in [5.74, 6) is -2.53. The van der Waals surface area contributed by atoms with Crippen molar-refractivity contribution in [3.05, 3.63) is 66.0 Å². The van der Waals surface area contributed by atoms with Gasteiger partial charge in [-0.05, 0) is 12.1 Å². The van der Waals surface area contributed by atoms with E-state index in [1.165, 1.54) is 23.1 Å². The Morgan fingerprint density at radius 3 is 2.48 bits per heavy atom. The smallest absolute Gasteiger partial charge is 0.311 e. The Morgan fingerprint density at radius 2 is 1.76 bits per heavy atom. The second kappa shape index (κ2) is 7.25. The molecule has 6 heteroatoms. The molecule has 0 N–H and O–H groups in total. The first-order chi connectivity index (χ1) is 12.1. The third-order valence-corrected chi connectivity index (χ3v) is 4.04. The average molecular weight is 341 g/mol. The predicted molar refractivity (Wildman–Crippen MR) is 88.6 cm³/mol. The molecule has 1 heterocycles. The molecule has 0 spiro atoms. The molecule has 0 aliphatic carbocycles. The van der Waals surface area contributed by atoms with Gasteiger partial charge in [0.1, 0.15) is 5.82 Å². The third kappa shape index (κ3) is 3.74. The minimum absolute atomic E-state index is 0.0398. The van der Waals surface area contributed by atoms with E-state index in [-0.39, 0.29) is 37.0 Å². The molecule has 0 bridgehead atoms. The number of hydrogen-bond donors (Lipinski definition) is 0. The monoisotopic (exact) mass is 341 g/mol. The van der Waals surface area contributed by atoms with Crippen LogP contribution in [-0.4, -0.2) is 30.8 Å². The highest BCUT2D eigenvalue weighted by Gasteiger charge is 2.37. The molecular formula is C19H16FNO4. The Balaban J connectivity index is 1.60. The van der Waals surface area contributed by atoms with E-state index in [2.05, 4.69) is 0 Å². The van der Waals surface area contributed by atoms with Crippen molar-refractivity contribution in [2.75, 3.05) is 18.1 Å². The van der Waals surface area contributed by atoms with E-state index in [9.17, 15) is 18.8 Å². The number of halogens is 1. The fourth-order valence-electron chi connectivity index (χ4n) is 2.73.